The van der Waals surface area contributed by atoms with Gasteiger partial charge in [-0.15, -0.1) is 0 Å². The van der Waals surface area contributed by atoms with E-state index in [4.69, 9.17) is 0 Å². The first kappa shape index (κ1) is 8.83. The molecule has 0 amide bonds. The molecule has 0 saturated carbocycles. The van der Waals surface area contributed by atoms with Gasteiger partial charge in [0.15, 0.2) is 0 Å². The van der Waals surface area contributed by atoms with Gasteiger partial charge in [-0.1, -0.05) is 39.3 Å². The normalized spacial score (nSPS) is 37.5. The van der Waals surface area contributed by atoms with E-state index < -0.39 is 0 Å². The molecule has 0 aromatic heterocycles. The molecule has 0 heteroatoms. The Morgan fingerprint density at radius 2 is 1.91 bits per heavy atom. The molecule has 1 aliphatic carbocycles. The zero-order valence-electron chi connectivity index (χ0n) is 8.01. The highest BCUT2D eigenvalue weighted by Crippen LogP contribution is 2.32. The lowest BCUT2D eigenvalue weighted by atomic mass is 9.77. The van der Waals surface area contributed by atoms with Crippen molar-refractivity contribution in [1.82, 2.24) is 0 Å². The van der Waals surface area contributed by atoms with E-state index in [1.165, 1.54) is 19.3 Å². The van der Waals surface area contributed by atoms with Crippen molar-refractivity contribution in [3.63, 3.8) is 0 Å². The topological polar surface area (TPSA) is 0 Å². The van der Waals surface area contributed by atoms with Crippen molar-refractivity contribution >= 4 is 0 Å². The lowest BCUT2D eigenvalue weighted by Crippen LogP contribution is -2.18. The van der Waals surface area contributed by atoms with Gasteiger partial charge < -0.3 is 0 Å². The van der Waals surface area contributed by atoms with Gasteiger partial charge in [0.25, 0.3) is 0 Å². The van der Waals surface area contributed by atoms with Crippen molar-refractivity contribution in [2.45, 2.75) is 40.0 Å². The van der Waals surface area contributed by atoms with Crippen LogP contribution in [0.25, 0.3) is 0 Å². The van der Waals surface area contributed by atoms with Gasteiger partial charge in [0, 0.05) is 0 Å². The minimum atomic E-state index is 0.822. The van der Waals surface area contributed by atoms with Crippen LogP contribution in [0, 0.1) is 17.8 Å². The second kappa shape index (κ2) is 3.94. The Hall–Kier alpha value is -0.260. The van der Waals surface area contributed by atoms with Crippen LogP contribution in [-0.2, 0) is 0 Å². The lowest BCUT2D eigenvalue weighted by Gasteiger charge is -2.28. The molecule has 11 heavy (non-hydrogen) atoms. The number of hydrogen-bond acceptors (Lipinski definition) is 0. The van der Waals surface area contributed by atoms with E-state index >= 15 is 0 Å². The maximum atomic E-state index is 2.43. The summed E-state index contributed by atoms with van der Waals surface area (Å²) in [5.74, 6) is 2.65. The van der Waals surface area contributed by atoms with Crippen LogP contribution >= 0.6 is 0 Å². The van der Waals surface area contributed by atoms with E-state index in [1.807, 2.05) is 0 Å². The van der Waals surface area contributed by atoms with Crippen LogP contribution < -0.4 is 0 Å². The predicted octanol–water partition coefficient (Wildman–Crippen LogP) is 3.63. The maximum Gasteiger partial charge on any atom is -0.0208 e. The second-order valence-corrected chi connectivity index (χ2v) is 3.84. The number of allylic oxidation sites excluding steroid dienone is 2. The molecular formula is C11H20. The third-order valence-corrected chi connectivity index (χ3v) is 2.96. The highest BCUT2D eigenvalue weighted by atomic mass is 14.3. The van der Waals surface area contributed by atoms with Crippen molar-refractivity contribution in [1.29, 1.82) is 0 Å². The first-order chi connectivity index (χ1) is 5.27. The van der Waals surface area contributed by atoms with Crippen LogP contribution in [-0.4, -0.2) is 0 Å². The fourth-order valence-corrected chi connectivity index (χ4v) is 2.16. The van der Waals surface area contributed by atoms with Crippen LogP contribution in [0.3, 0.4) is 0 Å². The van der Waals surface area contributed by atoms with E-state index in [9.17, 15) is 0 Å². The monoisotopic (exact) mass is 152 g/mol. The molecule has 1 aliphatic rings. The van der Waals surface area contributed by atoms with Crippen LogP contribution in [0.4, 0.5) is 0 Å². The first-order valence-electron chi connectivity index (χ1n) is 4.96. The summed E-state index contributed by atoms with van der Waals surface area (Å²) in [6.07, 6.45) is 8.91. The van der Waals surface area contributed by atoms with Gasteiger partial charge in [-0.3, -0.25) is 0 Å². The van der Waals surface area contributed by atoms with Crippen LogP contribution in [0.2, 0.25) is 0 Å². The van der Waals surface area contributed by atoms with Crippen molar-refractivity contribution in [2.24, 2.45) is 17.8 Å². The molecular weight excluding hydrogens is 132 g/mol. The zero-order valence-corrected chi connectivity index (χ0v) is 8.01. The molecule has 0 bridgehead atoms. The summed E-state index contributed by atoms with van der Waals surface area (Å²) >= 11 is 0. The maximum absolute atomic E-state index is 2.43. The second-order valence-electron chi connectivity index (χ2n) is 3.84. The van der Waals surface area contributed by atoms with Gasteiger partial charge >= 0.3 is 0 Å². The summed E-state index contributed by atoms with van der Waals surface area (Å²) in [6, 6.07) is 0. The van der Waals surface area contributed by atoms with Gasteiger partial charge in [0.05, 0.1) is 0 Å². The Balaban J connectivity index is 2.56. The molecule has 0 spiro atoms. The molecule has 3 atom stereocenters. The van der Waals surface area contributed by atoms with E-state index in [2.05, 4.69) is 32.9 Å². The molecule has 0 N–H and O–H groups in total. The van der Waals surface area contributed by atoms with Crippen molar-refractivity contribution in [3.05, 3.63) is 12.2 Å². The van der Waals surface area contributed by atoms with Crippen molar-refractivity contribution in [2.75, 3.05) is 0 Å². The Bertz CT molecular complexity index is 135. The predicted molar refractivity (Wildman–Crippen MR) is 50.5 cm³/mol. The van der Waals surface area contributed by atoms with Crippen molar-refractivity contribution in [3.8, 4) is 0 Å². The van der Waals surface area contributed by atoms with Crippen molar-refractivity contribution < 1.29 is 0 Å². The lowest BCUT2D eigenvalue weighted by molar-refractivity contribution is 0.302. The van der Waals surface area contributed by atoms with Gasteiger partial charge in [0.1, 0.15) is 0 Å². The molecule has 0 aromatic rings. The van der Waals surface area contributed by atoms with E-state index in [0.29, 0.717) is 0 Å². The average Bonchev–Trinajstić information content (AvgIpc) is 2.04. The highest BCUT2D eigenvalue weighted by Gasteiger charge is 2.21. The summed E-state index contributed by atoms with van der Waals surface area (Å²) in [6.45, 7) is 6.94. The molecule has 0 heterocycles. The Kier molecular flexibility index (Phi) is 3.16. The third kappa shape index (κ3) is 2.08. The zero-order chi connectivity index (χ0) is 8.27. The van der Waals surface area contributed by atoms with Crippen LogP contribution in [0.1, 0.15) is 40.0 Å². The minimum absolute atomic E-state index is 0.822. The summed E-state index contributed by atoms with van der Waals surface area (Å²) in [5.41, 5.74) is 0. The molecule has 64 valence electrons. The van der Waals surface area contributed by atoms with E-state index in [1.54, 1.807) is 0 Å². The average molecular weight is 152 g/mol. The number of hydrogen-bond donors (Lipinski definition) is 0. The van der Waals surface area contributed by atoms with Gasteiger partial charge in [-0.05, 0) is 30.6 Å². The Morgan fingerprint density at radius 3 is 2.45 bits per heavy atom. The van der Waals surface area contributed by atoms with E-state index in [0.717, 1.165) is 17.8 Å². The summed E-state index contributed by atoms with van der Waals surface area (Å²) in [5, 5.41) is 0. The Labute approximate surface area is 70.7 Å². The quantitative estimate of drug-likeness (QED) is 0.530. The van der Waals surface area contributed by atoms with Gasteiger partial charge in [-0.2, -0.15) is 0 Å². The molecule has 3 unspecified atom stereocenters. The smallest absolute Gasteiger partial charge is 0.0208 e. The molecule has 0 aliphatic heterocycles. The minimum Gasteiger partial charge on any atom is -0.0854 e. The fourth-order valence-electron chi connectivity index (χ4n) is 2.16. The fraction of sp³-hybridized carbons (Fsp3) is 0.818. The van der Waals surface area contributed by atoms with E-state index in [-0.39, 0.29) is 0 Å². The third-order valence-electron chi connectivity index (χ3n) is 2.96. The Morgan fingerprint density at radius 1 is 1.18 bits per heavy atom. The van der Waals surface area contributed by atoms with Crippen LogP contribution in [0.5, 0.6) is 0 Å². The number of rotatable bonds is 2. The molecule has 0 fully saturated rings. The molecule has 1 rings (SSSR count). The molecule has 0 saturated heterocycles. The molecule has 0 aromatic carbocycles. The summed E-state index contributed by atoms with van der Waals surface area (Å²) in [4.78, 5) is 0. The molecule has 0 radical (unpaired) electrons. The van der Waals surface area contributed by atoms with Gasteiger partial charge in [-0.25, -0.2) is 0 Å². The van der Waals surface area contributed by atoms with Gasteiger partial charge in [0.2, 0.25) is 0 Å². The summed E-state index contributed by atoms with van der Waals surface area (Å²) < 4.78 is 0. The largest absolute Gasteiger partial charge is 0.0854 e. The summed E-state index contributed by atoms with van der Waals surface area (Å²) in [7, 11) is 0. The standard InChI is InChI=1S/C11H20/c1-4-10-7-6-9(3)8-11(10)5-2/h6-7,9-11H,4-5,8H2,1-3H3. The molecule has 0 nitrogen and oxygen atoms in total. The van der Waals surface area contributed by atoms with Crippen LogP contribution in [0.15, 0.2) is 12.2 Å². The highest BCUT2D eigenvalue weighted by molar-refractivity contribution is 4.99. The SMILES string of the molecule is CCC1C=CC(C)CC1CC. The first-order valence-corrected chi connectivity index (χ1v) is 4.96.